The first-order valence-electron chi connectivity index (χ1n) is 5.44. The van der Waals surface area contributed by atoms with Crippen molar-refractivity contribution in [3.8, 4) is 0 Å². The van der Waals surface area contributed by atoms with E-state index < -0.39 is 0 Å². The van der Waals surface area contributed by atoms with E-state index in [1.54, 1.807) is 12.1 Å². The lowest BCUT2D eigenvalue weighted by Crippen LogP contribution is -2.28. The molecule has 0 heterocycles. The second kappa shape index (κ2) is 5.07. The summed E-state index contributed by atoms with van der Waals surface area (Å²) in [7, 11) is 0. The third kappa shape index (κ3) is 3.03. The Morgan fingerprint density at radius 3 is 2.31 bits per heavy atom. The van der Waals surface area contributed by atoms with Crippen LogP contribution < -0.4 is 5.73 Å². The van der Waals surface area contributed by atoms with Crippen molar-refractivity contribution in [2.24, 2.45) is 11.1 Å². The van der Waals surface area contributed by atoms with Gasteiger partial charge in [-0.3, -0.25) is 10.1 Å². The lowest BCUT2D eigenvalue weighted by Gasteiger charge is -2.26. The standard InChI is InChI=1S/C12H18N2O2/c1-3-12(2,9-13)8-10-4-6-11(7-5-10)14(15)16/h4-7H,3,8-9,13H2,1-2H3. The molecule has 1 aromatic rings. The fourth-order valence-electron chi connectivity index (χ4n) is 1.57. The number of hydrogen-bond donors (Lipinski definition) is 1. The Labute approximate surface area is 95.6 Å². The van der Waals surface area contributed by atoms with E-state index in [0.29, 0.717) is 6.54 Å². The van der Waals surface area contributed by atoms with E-state index in [2.05, 4.69) is 13.8 Å². The fraction of sp³-hybridized carbons (Fsp3) is 0.500. The Kier molecular flexibility index (Phi) is 4.01. The molecule has 0 spiro atoms. The van der Waals surface area contributed by atoms with E-state index in [1.165, 1.54) is 0 Å². The number of nitrogens with zero attached hydrogens (tertiary/aromatic N) is 1. The van der Waals surface area contributed by atoms with Crippen LogP contribution in [0.3, 0.4) is 0 Å². The maximum absolute atomic E-state index is 10.5. The number of nitro groups is 1. The molecule has 1 aromatic carbocycles. The van der Waals surface area contributed by atoms with Gasteiger partial charge in [0.1, 0.15) is 0 Å². The Balaban J connectivity index is 2.79. The van der Waals surface area contributed by atoms with Gasteiger partial charge >= 0.3 is 0 Å². The molecule has 4 nitrogen and oxygen atoms in total. The van der Waals surface area contributed by atoms with Crippen molar-refractivity contribution in [2.75, 3.05) is 6.54 Å². The highest BCUT2D eigenvalue weighted by molar-refractivity contribution is 5.33. The van der Waals surface area contributed by atoms with Crippen molar-refractivity contribution in [3.05, 3.63) is 39.9 Å². The second-order valence-electron chi connectivity index (χ2n) is 4.47. The topological polar surface area (TPSA) is 69.2 Å². The lowest BCUT2D eigenvalue weighted by molar-refractivity contribution is -0.384. The highest BCUT2D eigenvalue weighted by Crippen LogP contribution is 2.25. The van der Waals surface area contributed by atoms with Gasteiger partial charge in [0.15, 0.2) is 0 Å². The first-order valence-corrected chi connectivity index (χ1v) is 5.44. The molecule has 0 saturated heterocycles. The summed E-state index contributed by atoms with van der Waals surface area (Å²) in [6.45, 7) is 4.87. The summed E-state index contributed by atoms with van der Waals surface area (Å²) in [6, 6.07) is 6.70. The maximum Gasteiger partial charge on any atom is 0.269 e. The van der Waals surface area contributed by atoms with Crippen LogP contribution in [0.15, 0.2) is 24.3 Å². The first-order chi connectivity index (χ1) is 7.50. The number of nitro benzene ring substituents is 1. The van der Waals surface area contributed by atoms with E-state index in [0.717, 1.165) is 18.4 Å². The Hall–Kier alpha value is -1.42. The third-order valence-corrected chi connectivity index (χ3v) is 3.12. The normalized spacial score (nSPS) is 14.4. The third-order valence-electron chi connectivity index (χ3n) is 3.12. The zero-order valence-electron chi connectivity index (χ0n) is 9.77. The van der Waals surface area contributed by atoms with Crippen LogP contribution in [0.4, 0.5) is 5.69 Å². The van der Waals surface area contributed by atoms with E-state index >= 15 is 0 Å². The maximum atomic E-state index is 10.5. The molecule has 1 rings (SSSR count). The summed E-state index contributed by atoms with van der Waals surface area (Å²) in [5.74, 6) is 0. The van der Waals surface area contributed by atoms with Gasteiger partial charge in [-0.15, -0.1) is 0 Å². The zero-order chi connectivity index (χ0) is 12.2. The minimum atomic E-state index is -0.383. The minimum Gasteiger partial charge on any atom is -0.330 e. The first kappa shape index (κ1) is 12.6. The molecule has 1 unspecified atom stereocenters. The van der Waals surface area contributed by atoms with Gasteiger partial charge < -0.3 is 5.73 Å². The smallest absolute Gasteiger partial charge is 0.269 e. The molecule has 0 amide bonds. The lowest BCUT2D eigenvalue weighted by atomic mass is 9.81. The molecule has 88 valence electrons. The van der Waals surface area contributed by atoms with Crippen molar-refractivity contribution in [2.45, 2.75) is 26.7 Å². The van der Waals surface area contributed by atoms with Crippen LogP contribution in [0.5, 0.6) is 0 Å². The van der Waals surface area contributed by atoms with Crippen LogP contribution in [-0.2, 0) is 6.42 Å². The minimum absolute atomic E-state index is 0.0795. The number of rotatable bonds is 5. The molecule has 0 aliphatic heterocycles. The summed E-state index contributed by atoms with van der Waals surface area (Å²) >= 11 is 0. The molecular formula is C12H18N2O2. The van der Waals surface area contributed by atoms with Gasteiger partial charge in [-0.05, 0) is 30.4 Å². The molecular weight excluding hydrogens is 204 g/mol. The van der Waals surface area contributed by atoms with Gasteiger partial charge in [-0.25, -0.2) is 0 Å². The summed E-state index contributed by atoms with van der Waals surface area (Å²) in [5, 5.41) is 10.5. The molecule has 1 atom stereocenters. The van der Waals surface area contributed by atoms with Crippen LogP contribution >= 0.6 is 0 Å². The number of non-ortho nitro benzene ring substituents is 1. The summed E-state index contributed by atoms with van der Waals surface area (Å²) < 4.78 is 0. The summed E-state index contributed by atoms with van der Waals surface area (Å²) in [5.41, 5.74) is 7.05. The molecule has 0 aliphatic carbocycles. The van der Waals surface area contributed by atoms with Crippen molar-refractivity contribution < 1.29 is 4.92 Å². The van der Waals surface area contributed by atoms with Gasteiger partial charge in [-0.2, -0.15) is 0 Å². The molecule has 0 bridgehead atoms. The highest BCUT2D eigenvalue weighted by atomic mass is 16.6. The molecule has 0 saturated carbocycles. The molecule has 0 aliphatic rings. The average Bonchev–Trinajstić information content (AvgIpc) is 2.29. The van der Waals surface area contributed by atoms with E-state index in [9.17, 15) is 10.1 Å². The number of hydrogen-bond acceptors (Lipinski definition) is 3. The Morgan fingerprint density at radius 1 is 1.38 bits per heavy atom. The van der Waals surface area contributed by atoms with Gasteiger partial charge in [-0.1, -0.05) is 26.0 Å². The molecule has 0 fully saturated rings. The molecule has 0 aromatic heterocycles. The van der Waals surface area contributed by atoms with Gasteiger partial charge in [0.25, 0.3) is 5.69 Å². The Morgan fingerprint density at radius 2 is 1.94 bits per heavy atom. The van der Waals surface area contributed by atoms with Crippen LogP contribution in [0.1, 0.15) is 25.8 Å². The predicted octanol–water partition coefficient (Wildman–Crippen LogP) is 2.51. The zero-order valence-corrected chi connectivity index (χ0v) is 9.77. The predicted molar refractivity (Wildman–Crippen MR) is 64.3 cm³/mol. The molecule has 4 heteroatoms. The van der Waals surface area contributed by atoms with E-state index in [4.69, 9.17) is 5.73 Å². The van der Waals surface area contributed by atoms with Crippen molar-refractivity contribution in [1.29, 1.82) is 0 Å². The molecule has 2 N–H and O–H groups in total. The van der Waals surface area contributed by atoms with Gasteiger partial charge in [0.2, 0.25) is 0 Å². The number of nitrogens with two attached hydrogens (primary N) is 1. The highest BCUT2D eigenvalue weighted by Gasteiger charge is 2.20. The van der Waals surface area contributed by atoms with Crippen LogP contribution in [0.25, 0.3) is 0 Å². The largest absolute Gasteiger partial charge is 0.330 e. The van der Waals surface area contributed by atoms with Gasteiger partial charge in [0, 0.05) is 12.1 Å². The van der Waals surface area contributed by atoms with Crippen LogP contribution in [0, 0.1) is 15.5 Å². The molecule has 0 radical (unpaired) electrons. The second-order valence-corrected chi connectivity index (χ2v) is 4.47. The van der Waals surface area contributed by atoms with Crippen molar-refractivity contribution in [3.63, 3.8) is 0 Å². The van der Waals surface area contributed by atoms with Crippen LogP contribution in [-0.4, -0.2) is 11.5 Å². The average molecular weight is 222 g/mol. The summed E-state index contributed by atoms with van der Waals surface area (Å²) in [4.78, 5) is 10.1. The quantitative estimate of drug-likeness (QED) is 0.614. The van der Waals surface area contributed by atoms with E-state index in [1.807, 2.05) is 12.1 Å². The Bertz CT molecular complexity index is 356. The van der Waals surface area contributed by atoms with Crippen LogP contribution in [0.2, 0.25) is 0 Å². The fourth-order valence-corrected chi connectivity index (χ4v) is 1.57. The number of benzene rings is 1. The van der Waals surface area contributed by atoms with Crippen molar-refractivity contribution in [1.82, 2.24) is 0 Å². The van der Waals surface area contributed by atoms with Gasteiger partial charge in [0.05, 0.1) is 4.92 Å². The SMILES string of the molecule is CCC(C)(CN)Cc1ccc([N+](=O)[O-])cc1. The molecule has 16 heavy (non-hydrogen) atoms. The summed E-state index contributed by atoms with van der Waals surface area (Å²) in [6.07, 6.45) is 1.86. The van der Waals surface area contributed by atoms with E-state index in [-0.39, 0.29) is 16.0 Å². The van der Waals surface area contributed by atoms with Crippen molar-refractivity contribution >= 4 is 5.69 Å². The monoisotopic (exact) mass is 222 g/mol.